The highest BCUT2D eigenvalue weighted by Gasteiger charge is 2.07. The summed E-state index contributed by atoms with van der Waals surface area (Å²) in [6.07, 6.45) is 0.869. The maximum atomic E-state index is 13.7. The van der Waals surface area contributed by atoms with Gasteiger partial charge in [0.1, 0.15) is 5.82 Å². The van der Waals surface area contributed by atoms with Gasteiger partial charge in [-0.15, -0.1) is 11.8 Å². The van der Waals surface area contributed by atoms with Crippen molar-refractivity contribution in [1.82, 2.24) is 0 Å². The molecule has 0 aromatic heterocycles. The molecule has 0 aliphatic carbocycles. The van der Waals surface area contributed by atoms with E-state index < -0.39 is 0 Å². The van der Waals surface area contributed by atoms with Crippen molar-refractivity contribution in [3.63, 3.8) is 0 Å². The highest BCUT2D eigenvalue weighted by molar-refractivity contribution is 9.10. The summed E-state index contributed by atoms with van der Waals surface area (Å²) in [5.74, 6) is 0.456. The van der Waals surface area contributed by atoms with Gasteiger partial charge in [0.2, 0.25) is 5.91 Å². The van der Waals surface area contributed by atoms with Crippen molar-refractivity contribution in [2.24, 2.45) is 0 Å². The fraction of sp³-hybridized carbons (Fsp3) is 0.235. The summed E-state index contributed by atoms with van der Waals surface area (Å²) in [6.45, 7) is 2.05. The summed E-state index contributed by atoms with van der Waals surface area (Å²) in [5, 5.41) is 2.91. The Kier molecular flexibility index (Phi) is 6.46. The number of aryl methyl sites for hydroxylation is 1. The van der Waals surface area contributed by atoms with Crippen molar-refractivity contribution in [2.45, 2.75) is 19.1 Å². The predicted octanol–water partition coefficient (Wildman–Crippen LogP) is 5.02. The van der Waals surface area contributed by atoms with Crippen LogP contribution in [-0.2, 0) is 17.0 Å². The zero-order chi connectivity index (χ0) is 15.9. The molecular formula is C17H17BrFNOS. The molecule has 2 nitrogen and oxygen atoms in total. The Morgan fingerprint density at radius 2 is 2.00 bits per heavy atom. The van der Waals surface area contributed by atoms with E-state index in [1.807, 2.05) is 24.3 Å². The lowest BCUT2D eigenvalue weighted by molar-refractivity contribution is -0.113. The van der Waals surface area contributed by atoms with E-state index in [9.17, 15) is 9.18 Å². The molecule has 0 saturated carbocycles. The molecule has 0 heterocycles. The molecule has 2 aromatic carbocycles. The van der Waals surface area contributed by atoms with E-state index in [0.717, 1.165) is 17.7 Å². The van der Waals surface area contributed by atoms with Gasteiger partial charge in [-0.3, -0.25) is 4.79 Å². The number of hydrogen-bond donors (Lipinski definition) is 1. The maximum absolute atomic E-state index is 13.7. The van der Waals surface area contributed by atoms with Gasteiger partial charge in [-0.05, 0) is 35.7 Å². The molecule has 0 bridgehead atoms. The van der Waals surface area contributed by atoms with Crippen LogP contribution in [0, 0.1) is 5.82 Å². The fourth-order valence-corrected chi connectivity index (χ4v) is 3.18. The van der Waals surface area contributed by atoms with Crippen LogP contribution < -0.4 is 5.32 Å². The van der Waals surface area contributed by atoms with E-state index in [-0.39, 0.29) is 11.7 Å². The summed E-state index contributed by atoms with van der Waals surface area (Å²) in [6, 6.07) is 12.7. The van der Waals surface area contributed by atoms with Crippen molar-refractivity contribution in [1.29, 1.82) is 0 Å². The molecule has 1 N–H and O–H groups in total. The number of rotatable bonds is 6. The molecule has 0 aliphatic rings. The summed E-state index contributed by atoms with van der Waals surface area (Å²) < 4.78 is 14.4. The van der Waals surface area contributed by atoms with E-state index in [2.05, 4.69) is 28.2 Å². The molecular weight excluding hydrogens is 365 g/mol. The van der Waals surface area contributed by atoms with Crippen LogP contribution in [0.1, 0.15) is 18.1 Å². The quantitative estimate of drug-likeness (QED) is 0.760. The first-order valence-corrected chi connectivity index (χ1v) is 8.94. The molecule has 116 valence electrons. The molecule has 2 aromatic rings. The average Bonchev–Trinajstić information content (AvgIpc) is 2.50. The van der Waals surface area contributed by atoms with Crippen molar-refractivity contribution >= 4 is 39.3 Å². The van der Waals surface area contributed by atoms with Gasteiger partial charge >= 0.3 is 0 Å². The van der Waals surface area contributed by atoms with Crippen LogP contribution in [0.15, 0.2) is 46.9 Å². The Balaban J connectivity index is 1.85. The molecule has 0 radical (unpaired) electrons. The highest BCUT2D eigenvalue weighted by Crippen LogP contribution is 2.20. The summed E-state index contributed by atoms with van der Waals surface area (Å²) in [7, 11) is 0. The van der Waals surface area contributed by atoms with Crippen molar-refractivity contribution < 1.29 is 9.18 Å². The number of para-hydroxylation sites is 1. The lowest BCUT2D eigenvalue weighted by Gasteiger charge is -2.09. The number of thioether (sulfide) groups is 1. The largest absolute Gasteiger partial charge is 0.325 e. The van der Waals surface area contributed by atoms with Gasteiger partial charge in [-0.2, -0.15) is 0 Å². The number of anilines is 1. The van der Waals surface area contributed by atoms with Crippen LogP contribution in [0.5, 0.6) is 0 Å². The van der Waals surface area contributed by atoms with Crippen molar-refractivity contribution in [3.05, 3.63) is 63.9 Å². The number of carbonyl (C=O) groups excluding carboxylic acids is 1. The molecule has 2 rings (SSSR count). The van der Waals surface area contributed by atoms with Gasteiger partial charge in [0.25, 0.3) is 0 Å². The SMILES string of the molecule is CCc1ccccc1NC(=O)CSCc1ccc(Br)cc1F. The van der Waals surface area contributed by atoms with E-state index in [1.165, 1.54) is 17.8 Å². The molecule has 0 fully saturated rings. The molecule has 0 saturated heterocycles. The monoisotopic (exact) mass is 381 g/mol. The topological polar surface area (TPSA) is 29.1 Å². The minimum Gasteiger partial charge on any atom is -0.325 e. The Labute approximate surface area is 142 Å². The number of halogens is 2. The van der Waals surface area contributed by atoms with Crippen molar-refractivity contribution in [3.8, 4) is 0 Å². The fourth-order valence-electron chi connectivity index (χ4n) is 2.03. The summed E-state index contributed by atoms with van der Waals surface area (Å²) in [5.41, 5.74) is 2.57. The van der Waals surface area contributed by atoms with Crippen LogP contribution in [0.3, 0.4) is 0 Å². The molecule has 0 aliphatic heterocycles. The molecule has 22 heavy (non-hydrogen) atoms. The van der Waals surface area contributed by atoms with E-state index in [1.54, 1.807) is 12.1 Å². The van der Waals surface area contributed by atoms with Crippen LogP contribution in [0.25, 0.3) is 0 Å². The Morgan fingerprint density at radius 1 is 1.23 bits per heavy atom. The average molecular weight is 382 g/mol. The summed E-state index contributed by atoms with van der Waals surface area (Å²) >= 11 is 4.63. The zero-order valence-corrected chi connectivity index (χ0v) is 14.6. The molecule has 5 heteroatoms. The third-order valence-corrected chi connectivity index (χ3v) is 4.65. The van der Waals surface area contributed by atoms with Crippen molar-refractivity contribution in [2.75, 3.05) is 11.1 Å². The number of nitrogens with one attached hydrogen (secondary N) is 1. The lowest BCUT2D eigenvalue weighted by Crippen LogP contribution is -2.15. The molecule has 1 amide bonds. The summed E-state index contributed by atoms with van der Waals surface area (Å²) in [4.78, 5) is 12.0. The smallest absolute Gasteiger partial charge is 0.234 e. The normalized spacial score (nSPS) is 10.5. The third-order valence-electron chi connectivity index (χ3n) is 3.18. The second kappa shape index (κ2) is 8.34. The molecule has 0 spiro atoms. The van der Waals surface area contributed by atoms with Crippen LogP contribution in [0.4, 0.5) is 10.1 Å². The van der Waals surface area contributed by atoms with Gasteiger partial charge in [0, 0.05) is 15.9 Å². The Morgan fingerprint density at radius 3 is 2.73 bits per heavy atom. The minimum atomic E-state index is -0.251. The number of carbonyl (C=O) groups is 1. The molecule has 0 atom stereocenters. The highest BCUT2D eigenvalue weighted by atomic mass is 79.9. The van der Waals surface area contributed by atoms with Crippen LogP contribution in [-0.4, -0.2) is 11.7 Å². The first-order chi connectivity index (χ1) is 10.6. The van der Waals surface area contributed by atoms with E-state index >= 15 is 0 Å². The zero-order valence-electron chi connectivity index (χ0n) is 12.2. The van der Waals surface area contributed by atoms with E-state index in [0.29, 0.717) is 21.5 Å². The minimum absolute atomic E-state index is 0.0663. The van der Waals surface area contributed by atoms with Gasteiger partial charge < -0.3 is 5.32 Å². The Bertz CT molecular complexity index is 663. The number of amides is 1. The molecule has 0 unspecified atom stereocenters. The van der Waals surface area contributed by atoms with Crippen LogP contribution >= 0.6 is 27.7 Å². The second-order valence-corrected chi connectivity index (χ2v) is 6.69. The first-order valence-electron chi connectivity index (χ1n) is 6.99. The van der Waals surface area contributed by atoms with Gasteiger partial charge in [0.05, 0.1) is 5.75 Å². The van der Waals surface area contributed by atoms with Gasteiger partial charge in [-0.1, -0.05) is 47.1 Å². The van der Waals surface area contributed by atoms with Gasteiger partial charge in [-0.25, -0.2) is 4.39 Å². The standard InChI is InChI=1S/C17H17BrFNOS/c1-2-12-5-3-4-6-16(12)20-17(21)11-22-10-13-7-8-14(18)9-15(13)19/h3-9H,2,10-11H2,1H3,(H,20,21). The third kappa shape index (κ3) is 4.85. The predicted molar refractivity (Wildman–Crippen MR) is 94.7 cm³/mol. The van der Waals surface area contributed by atoms with Gasteiger partial charge in [0.15, 0.2) is 0 Å². The number of benzene rings is 2. The second-order valence-electron chi connectivity index (χ2n) is 4.79. The van der Waals surface area contributed by atoms with Crippen LogP contribution in [0.2, 0.25) is 0 Å². The first kappa shape index (κ1) is 17.0. The Hall–Kier alpha value is -1.33. The number of hydrogen-bond acceptors (Lipinski definition) is 2. The lowest BCUT2D eigenvalue weighted by atomic mass is 10.1. The maximum Gasteiger partial charge on any atom is 0.234 e. The van der Waals surface area contributed by atoms with E-state index in [4.69, 9.17) is 0 Å².